The second-order valence-electron chi connectivity index (χ2n) is 9.90. The number of likely N-dealkylation sites (tertiary alicyclic amines) is 2. The van der Waals surface area contributed by atoms with E-state index in [1.807, 2.05) is 24.6 Å². The van der Waals surface area contributed by atoms with Crippen molar-refractivity contribution in [3.63, 3.8) is 0 Å². The number of benzene rings is 1. The van der Waals surface area contributed by atoms with Gasteiger partial charge in [0.1, 0.15) is 0 Å². The molecule has 2 saturated heterocycles. The number of aromatic nitrogens is 4. The van der Waals surface area contributed by atoms with Crippen LogP contribution >= 0.6 is 11.8 Å². The molecule has 2 aliphatic rings. The van der Waals surface area contributed by atoms with Crippen molar-refractivity contribution < 1.29 is 8.42 Å². The Morgan fingerprint density at radius 3 is 2.47 bits per heavy atom. The van der Waals surface area contributed by atoms with Crippen LogP contribution in [-0.2, 0) is 16.4 Å². The topological polar surface area (TPSA) is 84.2 Å². The van der Waals surface area contributed by atoms with Crippen LogP contribution in [0.4, 0.5) is 0 Å². The summed E-state index contributed by atoms with van der Waals surface area (Å²) in [4.78, 5) is 10.1. The molecule has 0 N–H and O–H groups in total. The Balaban J connectivity index is 1.20. The Labute approximate surface area is 217 Å². The summed E-state index contributed by atoms with van der Waals surface area (Å²) in [6, 6.07) is 7.71. The van der Waals surface area contributed by atoms with E-state index in [0.29, 0.717) is 16.9 Å². The number of piperidine rings is 2. The van der Waals surface area contributed by atoms with Gasteiger partial charge in [0, 0.05) is 49.7 Å². The van der Waals surface area contributed by atoms with Crippen LogP contribution in [0.5, 0.6) is 0 Å². The summed E-state index contributed by atoms with van der Waals surface area (Å²) in [6.45, 7) is 9.59. The Kier molecular flexibility index (Phi) is 7.37. The summed E-state index contributed by atoms with van der Waals surface area (Å²) in [5.41, 5.74) is 4.27. The summed E-state index contributed by atoms with van der Waals surface area (Å²) in [5, 5.41) is 8.81. The summed E-state index contributed by atoms with van der Waals surface area (Å²) in [5.74, 6) is 0.540. The number of sulfone groups is 1. The number of allylic oxidation sites excluding steroid dienone is 1. The molecular formula is C26H34N6O2S2. The lowest BCUT2D eigenvalue weighted by Gasteiger charge is -2.41. The molecule has 2 aliphatic heterocycles. The fourth-order valence-corrected chi connectivity index (χ4v) is 6.82. The van der Waals surface area contributed by atoms with E-state index in [1.54, 1.807) is 30.1 Å². The van der Waals surface area contributed by atoms with Crippen LogP contribution in [0.15, 0.2) is 59.0 Å². The van der Waals surface area contributed by atoms with E-state index in [9.17, 15) is 8.42 Å². The van der Waals surface area contributed by atoms with Crippen LogP contribution in [0.3, 0.4) is 0 Å². The summed E-state index contributed by atoms with van der Waals surface area (Å²) in [7, 11) is -3.26. The average Bonchev–Trinajstić information content (AvgIpc) is 3.27. The highest BCUT2D eigenvalue weighted by Crippen LogP contribution is 2.35. The number of nitrogens with zero attached hydrogens (tertiary/aromatic N) is 6. The number of hydrogen-bond acceptors (Lipinski definition) is 8. The maximum absolute atomic E-state index is 12.0. The van der Waals surface area contributed by atoms with E-state index in [4.69, 9.17) is 4.98 Å². The van der Waals surface area contributed by atoms with Crippen molar-refractivity contribution in [3.8, 4) is 0 Å². The van der Waals surface area contributed by atoms with Crippen molar-refractivity contribution in [1.82, 2.24) is 29.5 Å². The van der Waals surface area contributed by atoms with Gasteiger partial charge >= 0.3 is 0 Å². The van der Waals surface area contributed by atoms with Crippen molar-refractivity contribution in [2.24, 2.45) is 5.92 Å². The molecule has 10 heteroatoms. The second-order valence-corrected chi connectivity index (χ2v) is 12.7. The number of rotatable bonds is 7. The predicted molar refractivity (Wildman–Crippen MR) is 144 cm³/mol. The van der Waals surface area contributed by atoms with Gasteiger partial charge in [-0.25, -0.2) is 13.4 Å². The lowest BCUT2D eigenvalue weighted by Crippen LogP contribution is -2.40. The lowest BCUT2D eigenvalue weighted by atomic mass is 9.91. The number of imidazole rings is 1. The van der Waals surface area contributed by atoms with Gasteiger partial charge in [0.05, 0.1) is 22.1 Å². The highest BCUT2D eigenvalue weighted by atomic mass is 32.2. The molecule has 4 heterocycles. The molecule has 0 unspecified atom stereocenters. The molecule has 0 amide bonds. The van der Waals surface area contributed by atoms with Crippen LogP contribution in [0.2, 0.25) is 0 Å². The van der Waals surface area contributed by atoms with Crippen molar-refractivity contribution >= 4 is 32.6 Å². The monoisotopic (exact) mass is 526 g/mol. The first-order valence-corrected chi connectivity index (χ1v) is 15.6. The van der Waals surface area contributed by atoms with Crippen molar-refractivity contribution in [3.05, 3.63) is 54.5 Å². The zero-order valence-electron chi connectivity index (χ0n) is 21.0. The van der Waals surface area contributed by atoms with Gasteiger partial charge in [-0.15, -0.1) is 0 Å². The fraction of sp³-hybridized carbons (Fsp3) is 0.500. The molecule has 2 fully saturated rings. The maximum atomic E-state index is 12.0. The number of fused-ring (bicyclic) bond motifs is 1. The standard InChI is InChI=1S/C26H34N6O2S2/c1-19(21-7-12-30(13-8-21)18-20-6-11-27-28-17-20)31-14-9-22(10-15-31)32-25-5-4-23(36(3,33)34)16-24(25)29-26(32)35-2/h4-6,11,16-17,21-22H,1,7-10,12-15,18H2,2-3H3. The predicted octanol–water partition coefficient (Wildman–Crippen LogP) is 4.01. The highest BCUT2D eigenvalue weighted by molar-refractivity contribution is 7.98. The van der Waals surface area contributed by atoms with Crippen molar-refractivity contribution in [2.75, 3.05) is 38.7 Å². The van der Waals surface area contributed by atoms with Crippen molar-refractivity contribution in [1.29, 1.82) is 0 Å². The molecule has 2 aromatic heterocycles. The molecule has 0 bridgehead atoms. The first-order valence-electron chi connectivity index (χ1n) is 12.5. The van der Waals surface area contributed by atoms with E-state index < -0.39 is 9.84 Å². The first-order chi connectivity index (χ1) is 17.3. The van der Waals surface area contributed by atoms with Crippen LogP contribution in [0.1, 0.15) is 37.3 Å². The molecular weight excluding hydrogens is 492 g/mol. The van der Waals surface area contributed by atoms with Gasteiger partial charge in [-0.05, 0) is 74.9 Å². The van der Waals surface area contributed by atoms with Crippen LogP contribution in [0.25, 0.3) is 11.0 Å². The van der Waals surface area contributed by atoms with Crippen LogP contribution in [-0.4, -0.2) is 76.7 Å². The molecule has 36 heavy (non-hydrogen) atoms. The summed E-state index contributed by atoms with van der Waals surface area (Å²) >= 11 is 1.62. The van der Waals surface area contributed by atoms with Crippen LogP contribution < -0.4 is 0 Å². The molecule has 192 valence electrons. The second kappa shape index (κ2) is 10.5. The van der Waals surface area contributed by atoms with Gasteiger partial charge in [-0.3, -0.25) is 4.90 Å². The van der Waals surface area contributed by atoms with Gasteiger partial charge in [-0.1, -0.05) is 18.3 Å². The van der Waals surface area contributed by atoms with Gasteiger partial charge < -0.3 is 9.47 Å². The smallest absolute Gasteiger partial charge is 0.175 e. The molecule has 0 spiro atoms. The molecule has 0 aliphatic carbocycles. The quantitative estimate of drug-likeness (QED) is 0.427. The van der Waals surface area contributed by atoms with E-state index in [2.05, 4.69) is 31.1 Å². The van der Waals surface area contributed by atoms with E-state index in [1.165, 1.54) is 17.5 Å². The molecule has 0 saturated carbocycles. The minimum Gasteiger partial charge on any atom is -0.375 e. The molecule has 5 rings (SSSR count). The molecule has 3 aromatic rings. The summed E-state index contributed by atoms with van der Waals surface area (Å²) < 4.78 is 26.3. The van der Waals surface area contributed by atoms with E-state index >= 15 is 0 Å². The Bertz CT molecular complexity index is 1330. The Hall–Kier alpha value is -2.43. The lowest BCUT2D eigenvalue weighted by molar-refractivity contribution is 0.153. The molecule has 1 aromatic carbocycles. The van der Waals surface area contributed by atoms with Gasteiger partial charge in [0.25, 0.3) is 0 Å². The summed E-state index contributed by atoms with van der Waals surface area (Å²) in [6.07, 6.45) is 11.2. The van der Waals surface area contributed by atoms with Crippen molar-refractivity contribution in [2.45, 2.75) is 48.3 Å². The third-order valence-corrected chi connectivity index (χ3v) is 9.35. The molecule has 0 radical (unpaired) electrons. The van der Waals surface area contributed by atoms with E-state index in [0.717, 1.165) is 74.6 Å². The zero-order chi connectivity index (χ0) is 25.3. The van der Waals surface area contributed by atoms with Gasteiger partial charge in [-0.2, -0.15) is 10.2 Å². The molecule has 8 nitrogen and oxygen atoms in total. The largest absolute Gasteiger partial charge is 0.375 e. The fourth-order valence-electron chi connectivity index (χ4n) is 5.55. The minimum atomic E-state index is -3.26. The Morgan fingerprint density at radius 2 is 1.83 bits per heavy atom. The number of hydrogen-bond donors (Lipinski definition) is 0. The normalized spacial score (nSPS) is 18.7. The first kappa shape index (κ1) is 25.2. The van der Waals surface area contributed by atoms with Gasteiger partial charge in [0.15, 0.2) is 15.0 Å². The SMILES string of the molecule is C=C(C1CCN(Cc2ccnnc2)CC1)N1CCC(n2c(SC)nc3cc(S(C)(=O)=O)ccc32)CC1. The third kappa shape index (κ3) is 5.31. The average molecular weight is 527 g/mol. The maximum Gasteiger partial charge on any atom is 0.175 e. The van der Waals surface area contributed by atoms with E-state index in [-0.39, 0.29) is 0 Å². The Morgan fingerprint density at radius 1 is 1.08 bits per heavy atom. The third-order valence-electron chi connectivity index (χ3n) is 7.59. The zero-order valence-corrected chi connectivity index (χ0v) is 22.6. The number of thioether (sulfide) groups is 1. The van der Waals surface area contributed by atoms with Crippen LogP contribution in [0, 0.1) is 5.92 Å². The van der Waals surface area contributed by atoms with Gasteiger partial charge in [0.2, 0.25) is 0 Å². The highest BCUT2D eigenvalue weighted by Gasteiger charge is 2.29. The molecule has 0 atom stereocenters. The minimum absolute atomic E-state index is 0.321.